The molecule has 0 bridgehead atoms. The standard InChI is InChI=1S/C31H48ClFN5O6PSSi2/c1-30(2,3)47(7,8)43-25-23(16-40-45(46)39-14-13-22(42-45)20-12-11-19(33)15-21(20)32)41-29(26(25)44-48(9,10)31(4,5)6)38-18-37-24-27(34)35-17-36-28(24)38/h11-12,15,17-18,22-23,25-26,29H,13-14,16H2,1-10H3,(H2,34,35,36)/t22?,23-,25-,26-,29-,45?/m1/s1. The molecule has 266 valence electrons. The summed E-state index contributed by atoms with van der Waals surface area (Å²) in [7, 11) is -4.80. The number of halogens is 2. The fraction of sp³-hybridized carbons (Fsp3) is 0.645. The maximum Gasteiger partial charge on any atom is 0.327 e. The van der Waals surface area contributed by atoms with E-state index < -0.39 is 59.8 Å². The van der Waals surface area contributed by atoms with Crippen molar-refractivity contribution in [3.8, 4) is 0 Å². The minimum atomic E-state index is -3.27. The van der Waals surface area contributed by atoms with Crippen molar-refractivity contribution in [2.24, 2.45) is 0 Å². The summed E-state index contributed by atoms with van der Waals surface area (Å²) in [5.74, 6) is -0.158. The van der Waals surface area contributed by atoms with Crippen LogP contribution in [0.25, 0.3) is 11.2 Å². The van der Waals surface area contributed by atoms with Gasteiger partial charge in [0.15, 0.2) is 34.3 Å². The van der Waals surface area contributed by atoms with Crippen LogP contribution in [-0.4, -0.2) is 67.7 Å². The molecule has 0 aliphatic carbocycles. The van der Waals surface area contributed by atoms with Crippen LogP contribution < -0.4 is 5.73 Å². The Hall–Kier alpha value is -1.37. The van der Waals surface area contributed by atoms with Crippen molar-refractivity contribution < 1.29 is 31.6 Å². The predicted molar refractivity (Wildman–Crippen MR) is 194 cm³/mol. The first-order chi connectivity index (χ1) is 22.1. The van der Waals surface area contributed by atoms with Gasteiger partial charge in [-0.15, -0.1) is 0 Å². The molecule has 2 saturated heterocycles. The van der Waals surface area contributed by atoms with Gasteiger partial charge in [0.2, 0.25) is 0 Å². The molecule has 11 nitrogen and oxygen atoms in total. The van der Waals surface area contributed by atoms with E-state index >= 15 is 0 Å². The lowest BCUT2D eigenvalue weighted by Crippen LogP contribution is -2.54. The number of hydrogen-bond acceptors (Lipinski definition) is 11. The summed E-state index contributed by atoms with van der Waals surface area (Å²) >= 11 is 12.2. The highest BCUT2D eigenvalue weighted by molar-refractivity contribution is 8.07. The van der Waals surface area contributed by atoms with E-state index in [0.29, 0.717) is 29.8 Å². The molecule has 2 aliphatic rings. The van der Waals surface area contributed by atoms with Crippen LogP contribution in [0.3, 0.4) is 0 Å². The molecule has 6 atom stereocenters. The fourth-order valence-electron chi connectivity index (χ4n) is 5.14. The smallest absolute Gasteiger partial charge is 0.327 e. The van der Waals surface area contributed by atoms with Gasteiger partial charge in [0.25, 0.3) is 0 Å². The molecule has 2 unspecified atom stereocenters. The van der Waals surface area contributed by atoms with Gasteiger partial charge in [-0.3, -0.25) is 4.57 Å². The first-order valence-corrected chi connectivity index (χ1v) is 24.8. The summed E-state index contributed by atoms with van der Waals surface area (Å²) in [4.78, 5) is 13.1. The van der Waals surface area contributed by atoms with Gasteiger partial charge < -0.3 is 32.9 Å². The minimum absolute atomic E-state index is 0.0120. The van der Waals surface area contributed by atoms with Crippen LogP contribution in [0.4, 0.5) is 10.2 Å². The van der Waals surface area contributed by atoms with Gasteiger partial charge in [-0.05, 0) is 60.2 Å². The topological polar surface area (TPSA) is 125 Å². The molecule has 3 aromatic rings. The monoisotopic (exact) mass is 759 g/mol. The number of imidazole rings is 1. The Morgan fingerprint density at radius 3 is 2.31 bits per heavy atom. The van der Waals surface area contributed by atoms with E-state index in [1.54, 1.807) is 12.4 Å². The Morgan fingerprint density at radius 2 is 1.69 bits per heavy atom. The van der Waals surface area contributed by atoms with E-state index in [2.05, 4.69) is 82.7 Å². The van der Waals surface area contributed by atoms with Crippen molar-refractivity contribution >= 4 is 63.7 Å². The molecule has 0 saturated carbocycles. The van der Waals surface area contributed by atoms with Gasteiger partial charge in [-0.2, -0.15) is 0 Å². The molecule has 4 heterocycles. The maximum atomic E-state index is 13.8. The lowest BCUT2D eigenvalue weighted by molar-refractivity contribution is -0.0515. The Labute approximate surface area is 294 Å². The number of aromatic nitrogens is 4. The number of nitrogen functional groups attached to an aromatic ring is 1. The number of nitrogens with two attached hydrogens (primary N) is 1. The second kappa shape index (κ2) is 13.6. The molecule has 0 spiro atoms. The van der Waals surface area contributed by atoms with Crippen LogP contribution in [0.15, 0.2) is 30.9 Å². The van der Waals surface area contributed by atoms with Crippen molar-refractivity contribution in [3.63, 3.8) is 0 Å². The van der Waals surface area contributed by atoms with Crippen molar-refractivity contribution in [3.05, 3.63) is 47.3 Å². The van der Waals surface area contributed by atoms with E-state index in [9.17, 15) is 4.39 Å². The Kier molecular flexibility index (Phi) is 10.8. The Bertz CT molecular complexity index is 1690. The number of nitrogens with zero attached hydrogens (tertiary/aromatic N) is 4. The highest BCUT2D eigenvalue weighted by Crippen LogP contribution is 2.58. The average molecular weight is 760 g/mol. The summed E-state index contributed by atoms with van der Waals surface area (Å²) in [6, 6.07) is 4.21. The van der Waals surface area contributed by atoms with Crippen LogP contribution in [0.1, 0.15) is 65.9 Å². The van der Waals surface area contributed by atoms with Crippen LogP contribution in [0, 0.1) is 5.82 Å². The molecule has 5 rings (SSSR count). The van der Waals surface area contributed by atoms with E-state index in [0.717, 1.165) is 0 Å². The quantitative estimate of drug-likeness (QED) is 0.167. The molecule has 2 fully saturated rings. The number of rotatable bonds is 9. The third-order valence-corrected chi connectivity index (χ3v) is 21.7. The Morgan fingerprint density at radius 1 is 1.04 bits per heavy atom. The lowest BCUT2D eigenvalue weighted by atomic mass is 10.1. The van der Waals surface area contributed by atoms with Gasteiger partial charge in [0.1, 0.15) is 36.0 Å². The summed E-state index contributed by atoms with van der Waals surface area (Å²) in [5, 5.41) is 0.0505. The van der Waals surface area contributed by atoms with E-state index in [4.69, 9.17) is 56.3 Å². The van der Waals surface area contributed by atoms with Crippen molar-refractivity contribution in [1.82, 2.24) is 19.5 Å². The van der Waals surface area contributed by atoms with Gasteiger partial charge in [0, 0.05) is 17.0 Å². The van der Waals surface area contributed by atoms with Crippen LogP contribution in [-0.2, 0) is 39.0 Å². The number of anilines is 1. The van der Waals surface area contributed by atoms with Crippen LogP contribution in [0.5, 0.6) is 0 Å². The molecule has 2 N–H and O–H groups in total. The summed E-state index contributed by atoms with van der Waals surface area (Å²) in [6.07, 6.45) is 0.639. The number of ether oxygens (including phenoxy) is 1. The van der Waals surface area contributed by atoms with Crippen LogP contribution in [0.2, 0.25) is 41.3 Å². The second-order valence-electron chi connectivity index (χ2n) is 15.5. The average Bonchev–Trinajstić information content (AvgIpc) is 3.52. The third kappa shape index (κ3) is 7.76. The number of fused-ring (bicyclic) bond motifs is 1. The fourth-order valence-corrected chi connectivity index (χ4v) is 10.1. The molecule has 17 heteroatoms. The molecule has 48 heavy (non-hydrogen) atoms. The summed E-state index contributed by atoms with van der Waals surface area (Å²) in [5.41, 5.74) is 7.79. The van der Waals surface area contributed by atoms with E-state index in [-0.39, 0.29) is 27.5 Å². The molecule has 0 amide bonds. The van der Waals surface area contributed by atoms with Crippen molar-refractivity contribution in [1.29, 1.82) is 0 Å². The highest BCUT2D eigenvalue weighted by Gasteiger charge is 2.55. The first-order valence-electron chi connectivity index (χ1n) is 16.1. The van der Waals surface area contributed by atoms with Gasteiger partial charge in [0.05, 0.1) is 25.6 Å². The predicted octanol–water partition coefficient (Wildman–Crippen LogP) is 8.30. The number of hydrogen-bond donors (Lipinski definition) is 1. The van der Waals surface area contributed by atoms with E-state index in [1.165, 1.54) is 18.5 Å². The lowest BCUT2D eigenvalue weighted by Gasteiger charge is -2.44. The normalized spacial score (nSPS) is 27.5. The van der Waals surface area contributed by atoms with Crippen LogP contribution >= 0.6 is 18.3 Å². The van der Waals surface area contributed by atoms with Gasteiger partial charge >= 0.3 is 6.72 Å². The number of benzene rings is 1. The van der Waals surface area contributed by atoms with E-state index in [1.807, 2.05) is 4.57 Å². The van der Waals surface area contributed by atoms with Gasteiger partial charge in [-0.1, -0.05) is 59.2 Å². The zero-order valence-electron chi connectivity index (χ0n) is 29.3. The zero-order valence-corrected chi connectivity index (χ0v) is 33.8. The Balaban J connectivity index is 1.51. The second-order valence-corrected chi connectivity index (χ2v) is 28.3. The first kappa shape index (κ1) is 37.9. The van der Waals surface area contributed by atoms with Crippen molar-refractivity contribution in [2.75, 3.05) is 18.9 Å². The van der Waals surface area contributed by atoms with Crippen molar-refractivity contribution in [2.45, 2.75) is 115 Å². The maximum absolute atomic E-state index is 13.8. The molecular formula is C31H48ClFN5O6PSSi2. The largest absolute Gasteiger partial charge is 0.408 e. The molecule has 2 aliphatic heterocycles. The molecule has 0 radical (unpaired) electrons. The summed E-state index contributed by atoms with van der Waals surface area (Å²) < 4.78 is 55.5. The SMILES string of the molecule is CC(C)(C)[Si](C)(C)O[C@@H]1[C@H](O[Si](C)(C)C(C)(C)C)[C@@H](COP2(=S)OCCC(c3ccc(F)cc3Cl)O2)O[C@H]1n1cnc2c(N)ncnc21. The zero-order chi connectivity index (χ0) is 35.4. The minimum Gasteiger partial charge on any atom is -0.408 e. The molecule has 2 aromatic heterocycles. The summed E-state index contributed by atoms with van der Waals surface area (Å²) in [6.45, 7) is 19.0. The van der Waals surface area contributed by atoms with Gasteiger partial charge in [-0.25, -0.2) is 19.3 Å². The molecule has 1 aromatic carbocycles. The molecular weight excluding hydrogens is 712 g/mol. The highest BCUT2D eigenvalue weighted by atomic mass is 35.5. The third-order valence-electron chi connectivity index (χ3n) is 10.0.